The highest BCUT2D eigenvalue weighted by Gasteiger charge is 2.23. The lowest BCUT2D eigenvalue weighted by Crippen LogP contribution is -2.29. The molecule has 5 heteroatoms. The lowest BCUT2D eigenvalue weighted by Gasteiger charge is -2.08. The summed E-state index contributed by atoms with van der Waals surface area (Å²) >= 11 is 3.55. The number of aryl methyl sites for hydroxylation is 1. The van der Waals surface area contributed by atoms with Crippen LogP contribution in [0.1, 0.15) is 18.4 Å². The topological polar surface area (TPSA) is 46.9 Å². The molecular weight excluding hydrogens is 366 g/mol. The molecule has 0 radical (unpaired) electrons. The van der Waals surface area contributed by atoms with Crippen molar-refractivity contribution in [1.82, 2.24) is 14.9 Å². The number of rotatable bonds is 4. The Labute approximate surface area is 149 Å². The van der Waals surface area contributed by atoms with E-state index in [1.165, 1.54) is 5.56 Å². The highest BCUT2D eigenvalue weighted by atomic mass is 79.9. The van der Waals surface area contributed by atoms with Gasteiger partial charge in [-0.05, 0) is 47.3 Å². The van der Waals surface area contributed by atoms with Gasteiger partial charge in [0.05, 0.1) is 9.99 Å². The molecule has 1 amide bonds. The van der Waals surface area contributed by atoms with Crippen molar-refractivity contribution in [2.24, 2.45) is 0 Å². The monoisotopic (exact) mass is 383 g/mol. The molecule has 3 aromatic rings. The number of hydrogen-bond donors (Lipinski definition) is 1. The van der Waals surface area contributed by atoms with E-state index in [-0.39, 0.29) is 5.91 Å². The van der Waals surface area contributed by atoms with Crippen molar-refractivity contribution in [1.29, 1.82) is 0 Å². The zero-order valence-electron chi connectivity index (χ0n) is 13.4. The number of benzene rings is 1. The highest BCUT2D eigenvalue weighted by Crippen LogP contribution is 2.29. The van der Waals surface area contributed by atoms with E-state index >= 15 is 0 Å². The molecule has 0 aliphatic heterocycles. The van der Waals surface area contributed by atoms with Gasteiger partial charge in [0.25, 0.3) is 0 Å². The van der Waals surface area contributed by atoms with E-state index in [1.54, 1.807) is 0 Å². The molecule has 24 heavy (non-hydrogen) atoms. The van der Waals surface area contributed by atoms with Crippen molar-refractivity contribution in [3.63, 3.8) is 0 Å². The number of carbonyl (C=O) groups is 1. The molecule has 0 unspecified atom stereocenters. The van der Waals surface area contributed by atoms with Gasteiger partial charge in [-0.15, -0.1) is 0 Å². The Hall–Kier alpha value is -2.14. The normalized spacial score (nSPS) is 14.1. The van der Waals surface area contributed by atoms with Gasteiger partial charge in [-0.3, -0.25) is 9.78 Å². The van der Waals surface area contributed by atoms with Gasteiger partial charge in [-0.2, -0.15) is 0 Å². The van der Waals surface area contributed by atoms with Gasteiger partial charge in [-0.1, -0.05) is 29.8 Å². The maximum Gasteiger partial charge on any atom is 0.240 e. The average molecular weight is 384 g/mol. The standard InChI is InChI=1S/C19H18BrN3O/c1-12-3-2-4-13(7-12)14-8-17-19(21-9-14)16(20)10-23(17)11-18(24)22-15-5-6-15/h2-4,7-10,15H,5-6,11H2,1H3,(H,22,24). The first-order valence-corrected chi connectivity index (χ1v) is 8.90. The van der Waals surface area contributed by atoms with Crippen LogP contribution in [0.15, 0.2) is 47.2 Å². The van der Waals surface area contributed by atoms with Crippen LogP contribution in [0.25, 0.3) is 22.2 Å². The van der Waals surface area contributed by atoms with Gasteiger partial charge in [0.15, 0.2) is 0 Å². The molecule has 0 atom stereocenters. The number of nitrogens with one attached hydrogen (secondary N) is 1. The van der Waals surface area contributed by atoms with Gasteiger partial charge in [0.1, 0.15) is 12.1 Å². The third-order valence-corrected chi connectivity index (χ3v) is 4.86. The Morgan fingerprint density at radius 3 is 2.92 bits per heavy atom. The summed E-state index contributed by atoms with van der Waals surface area (Å²) in [5.41, 5.74) is 5.25. The molecule has 1 fully saturated rings. The quantitative estimate of drug-likeness (QED) is 0.738. The fourth-order valence-corrected chi connectivity index (χ4v) is 3.45. The van der Waals surface area contributed by atoms with Crippen molar-refractivity contribution >= 4 is 32.9 Å². The van der Waals surface area contributed by atoms with Crippen molar-refractivity contribution in [2.45, 2.75) is 32.4 Å². The van der Waals surface area contributed by atoms with Crippen LogP contribution in [0.3, 0.4) is 0 Å². The number of amides is 1. The van der Waals surface area contributed by atoms with Gasteiger partial charge < -0.3 is 9.88 Å². The summed E-state index contributed by atoms with van der Waals surface area (Å²) in [6, 6.07) is 10.8. The van der Waals surface area contributed by atoms with E-state index < -0.39 is 0 Å². The van der Waals surface area contributed by atoms with Crippen LogP contribution >= 0.6 is 15.9 Å². The summed E-state index contributed by atoms with van der Waals surface area (Å²) in [7, 11) is 0. The first-order valence-electron chi connectivity index (χ1n) is 8.11. The minimum Gasteiger partial charge on any atom is -0.352 e. The van der Waals surface area contributed by atoms with Crippen LogP contribution in [0.5, 0.6) is 0 Å². The van der Waals surface area contributed by atoms with E-state index in [0.29, 0.717) is 12.6 Å². The zero-order valence-corrected chi connectivity index (χ0v) is 15.0. The average Bonchev–Trinajstić information content (AvgIpc) is 3.32. The fraction of sp³-hybridized carbons (Fsp3) is 0.263. The van der Waals surface area contributed by atoms with Gasteiger partial charge in [0, 0.05) is 24.0 Å². The maximum atomic E-state index is 12.1. The molecule has 1 aromatic carbocycles. The SMILES string of the molecule is Cc1cccc(-c2cnc3c(Br)cn(CC(=O)NC4CC4)c3c2)c1. The van der Waals surface area contributed by atoms with Crippen LogP contribution < -0.4 is 5.32 Å². The molecular formula is C19H18BrN3O. The van der Waals surface area contributed by atoms with Crippen LogP contribution in [0.4, 0.5) is 0 Å². The van der Waals surface area contributed by atoms with Crippen LogP contribution in [-0.2, 0) is 11.3 Å². The van der Waals surface area contributed by atoms with Crippen LogP contribution in [-0.4, -0.2) is 21.5 Å². The van der Waals surface area contributed by atoms with Crippen molar-refractivity contribution in [3.05, 3.63) is 52.8 Å². The predicted molar refractivity (Wildman–Crippen MR) is 98.8 cm³/mol. The number of halogens is 1. The maximum absolute atomic E-state index is 12.1. The number of hydrogen-bond acceptors (Lipinski definition) is 2. The second-order valence-electron chi connectivity index (χ2n) is 6.41. The third-order valence-electron chi connectivity index (χ3n) is 4.28. The highest BCUT2D eigenvalue weighted by molar-refractivity contribution is 9.10. The lowest BCUT2D eigenvalue weighted by molar-refractivity contribution is -0.121. The molecule has 0 saturated heterocycles. The number of carbonyl (C=O) groups excluding carboxylic acids is 1. The molecule has 2 heterocycles. The summed E-state index contributed by atoms with van der Waals surface area (Å²) in [6.45, 7) is 2.40. The van der Waals surface area contributed by atoms with Crippen LogP contribution in [0.2, 0.25) is 0 Å². The van der Waals surface area contributed by atoms with E-state index in [1.807, 2.05) is 23.0 Å². The molecule has 2 aromatic heterocycles. The third kappa shape index (κ3) is 3.08. The molecule has 0 bridgehead atoms. The largest absolute Gasteiger partial charge is 0.352 e. The molecule has 0 spiro atoms. The Bertz CT molecular complexity index is 928. The molecule has 1 aliphatic carbocycles. The summed E-state index contributed by atoms with van der Waals surface area (Å²) in [4.78, 5) is 16.7. The van der Waals surface area contributed by atoms with E-state index in [0.717, 1.165) is 39.5 Å². The zero-order chi connectivity index (χ0) is 16.7. The molecule has 1 saturated carbocycles. The molecule has 1 N–H and O–H groups in total. The van der Waals surface area contributed by atoms with Crippen molar-refractivity contribution < 1.29 is 4.79 Å². The number of nitrogens with zero attached hydrogens (tertiary/aromatic N) is 2. The smallest absolute Gasteiger partial charge is 0.240 e. The Balaban J connectivity index is 1.71. The molecule has 4 nitrogen and oxygen atoms in total. The fourth-order valence-electron chi connectivity index (χ4n) is 2.89. The summed E-state index contributed by atoms with van der Waals surface area (Å²) in [6.07, 6.45) is 6.02. The predicted octanol–water partition coefficient (Wildman–Crippen LogP) is 4.05. The molecule has 1 aliphatic rings. The second kappa shape index (κ2) is 6.06. The van der Waals surface area contributed by atoms with E-state index in [4.69, 9.17) is 0 Å². The minimum absolute atomic E-state index is 0.0582. The number of pyridine rings is 1. The van der Waals surface area contributed by atoms with Crippen LogP contribution in [0, 0.1) is 6.92 Å². The second-order valence-corrected chi connectivity index (χ2v) is 7.26. The molecule has 4 rings (SSSR count). The summed E-state index contributed by atoms with van der Waals surface area (Å²) in [5.74, 6) is 0.0582. The first kappa shape index (κ1) is 15.4. The van der Waals surface area contributed by atoms with Gasteiger partial charge >= 0.3 is 0 Å². The Kier molecular flexibility index (Phi) is 3.88. The first-order chi connectivity index (χ1) is 11.6. The van der Waals surface area contributed by atoms with Gasteiger partial charge in [-0.25, -0.2) is 0 Å². The van der Waals surface area contributed by atoms with Crippen molar-refractivity contribution in [2.75, 3.05) is 0 Å². The summed E-state index contributed by atoms with van der Waals surface area (Å²) in [5, 5.41) is 3.03. The van der Waals surface area contributed by atoms with Crippen molar-refractivity contribution in [3.8, 4) is 11.1 Å². The van der Waals surface area contributed by atoms with E-state index in [2.05, 4.69) is 57.4 Å². The Morgan fingerprint density at radius 2 is 2.17 bits per heavy atom. The summed E-state index contributed by atoms with van der Waals surface area (Å²) < 4.78 is 2.87. The number of fused-ring (bicyclic) bond motifs is 1. The minimum atomic E-state index is 0.0582. The Morgan fingerprint density at radius 1 is 1.33 bits per heavy atom. The van der Waals surface area contributed by atoms with Gasteiger partial charge in [0.2, 0.25) is 5.91 Å². The number of aromatic nitrogens is 2. The molecule has 122 valence electrons. The lowest BCUT2D eigenvalue weighted by atomic mass is 10.1. The van der Waals surface area contributed by atoms with E-state index in [9.17, 15) is 4.79 Å².